The van der Waals surface area contributed by atoms with Crippen LogP contribution in [0.15, 0.2) is 0 Å². The van der Waals surface area contributed by atoms with E-state index in [1.807, 2.05) is 0 Å². The number of hydrogen-bond donors (Lipinski definition) is 1. The molecule has 4 bridgehead atoms. The summed E-state index contributed by atoms with van der Waals surface area (Å²) in [5.74, 6) is 4.38. The quantitative estimate of drug-likeness (QED) is 0.672. The van der Waals surface area contributed by atoms with Gasteiger partial charge in [0.15, 0.2) is 0 Å². The van der Waals surface area contributed by atoms with Gasteiger partial charge in [0.25, 0.3) is 0 Å². The van der Waals surface area contributed by atoms with Gasteiger partial charge < -0.3 is 5.32 Å². The Bertz CT molecular complexity index is 184. The Morgan fingerprint density at radius 2 is 0.889 bits per heavy atom. The Hall–Kier alpha value is -0.0400. The topological polar surface area (TPSA) is 12.0 Å². The van der Waals surface area contributed by atoms with Gasteiger partial charge in [-0.3, -0.25) is 0 Å². The first-order valence-electron chi connectivity index (χ1n) is 8.61. The second kappa shape index (κ2) is 6.41. The average molecular weight is 249 g/mol. The van der Waals surface area contributed by atoms with Crippen LogP contribution in [-0.4, -0.2) is 13.1 Å². The molecular weight excluding hydrogens is 218 g/mol. The fourth-order valence-electron chi connectivity index (χ4n) is 4.89. The van der Waals surface area contributed by atoms with Crippen molar-refractivity contribution in [2.75, 3.05) is 13.1 Å². The predicted molar refractivity (Wildman–Crippen MR) is 77.6 cm³/mol. The molecule has 1 saturated heterocycles. The highest BCUT2D eigenvalue weighted by Gasteiger charge is 2.25. The highest BCUT2D eigenvalue weighted by molar-refractivity contribution is 4.80. The smallest absolute Gasteiger partial charge is 0.00203 e. The van der Waals surface area contributed by atoms with Crippen LogP contribution in [0.4, 0.5) is 0 Å². The van der Waals surface area contributed by atoms with Gasteiger partial charge in [-0.15, -0.1) is 0 Å². The molecule has 1 nitrogen and oxygen atoms in total. The zero-order valence-electron chi connectivity index (χ0n) is 12.0. The normalized spacial score (nSPS) is 42.7. The second-order valence-corrected chi connectivity index (χ2v) is 7.39. The molecule has 0 radical (unpaired) electrons. The largest absolute Gasteiger partial charge is 0.316 e. The summed E-state index contributed by atoms with van der Waals surface area (Å²) in [6.45, 7) is 2.60. The van der Waals surface area contributed by atoms with Crippen molar-refractivity contribution in [3.8, 4) is 0 Å². The Kier molecular flexibility index (Phi) is 4.62. The highest BCUT2D eigenvalue weighted by atomic mass is 14.9. The molecule has 0 aromatic rings. The average Bonchev–Trinajstić information content (AvgIpc) is 2.40. The van der Waals surface area contributed by atoms with E-state index in [1.54, 1.807) is 32.1 Å². The van der Waals surface area contributed by atoms with E-state index in [0.29, 0.717) is 0 Å². The maximum atomic E-state index is 3.49. The van der Waals surface area contributed by atoms with Crippen molar-refractivity contribution >= 4 is 0 Å². The lowest BCUT2D eigenvalue weighted by Gasteiger charge is -2.34. The van der Waals surface area contributed by atoms with Crippen LogP contribution in [0.1, 0.15) is 70.6 Å². The summed E-state index contributed by atoms with van der Waals surface area (Å²) in [6.07, 6.45) is 16.9. The van der Waals surface area contributed by atoms with Gasteiger partial charge in [0.05, 0.1) is 0 Å². The second-order valence-electron chi connectivity index (χ2n) is 7.39. The summed E-state index contributed by atoms with van der Waals surface area (Å²) in [7, 11) is 0. The summed E-state index contributed by atoms with van der Waals surface area (Å²) in [6, 6.07) is 0. The molecule has 3 saturated carbocycles. The number of nitrogens with one attached hydrogen (secondary N) is 1. The van der Waals surface area contributed by atoms with Crippen molar-refractivity contribution in [3.63, 3.8) is 0 Å². The minimum Gasteiger partial charge on any atom is -0.316 e. The molecule has 1 heteroatoms. The van der Waals surface area contributed by atoms with Gasteiger partial charge in [-0.2, -0.15) is 0 Å². The zero-order valence-corrected chi connectivity index (χ0v) is 12.0. The molecule has 3 aliphatic carbocycles. The maximum absolute atomic E-state index is 3.49. The van der Waals surface area contributed by atoms with E-state index < -0.39 is 0 Å². The third kappa shape index (κ3) is 3.50. The minimum atomic E-state index is 1.04. The summed E-state index contributed by atoms with van der Waals surface area (Å²) in [5, 5.41) is 3.49. The first-order chi connectivity index (χ1) is 8.90. The first kappa shape index (κ1) is 13.0. The Balaban J connectivity index is 0.000000111. The fraction of sp³-hybridized carbons (Fsp3) is 1.00. The number of rotatable bonds is 0. The van der Waals surface area contributed by atoms with Crippen LogP contribution in [0.2, 0.25) is 0 Å². The lowest BCUT2D eigenvalue weighted by Crippen LogP contribution is -2.38. The number of fused-ring (bicyclic) bond motifs is 4. The molecule has 1 N–H and O–H groups in total. The molecule has 0 amide bonds. The fourth-order valence-corrected chi connectivity index (χ4v) is 4.89. The van der Waals surface area contributed by atoms with Crippen LogP contribution in [0.3, 0.4) is 0 Å². The molecule has 104 valence electrons. The van der Waals surface area contributed by atoms with E-state index >= 15 is 0 Å². The van der Waals surface area contributed by atoms with E-state index in [9.17, 15) is 0 Å². The van der Waals surface area contributed by atoms with Gasteiger partial charge >= 0.3 is 0 Å². The monoisotopic (exact) mass is 249 g/mol. The van der Waals surface area contributed by atoms with E-state index in [0.717, 1.165) is 23.7 Å². The van der Waals surface area contributed by atoms with Crippen LogP contribution in [0.5, 0.6) is 0 Å². The van der Waals surface area contributed by atoms with Crippen molar-refractivity contribution in [2.45, 2.75) is 70.6 Å². The van der Waals surface area contributed by atoms with Gasteiger partial charge in [0.1, 0.15) is 0 Å². The van der Waals surface area contributed by atoms with Crippen LogP contribution in [0, 0.1) is 23.7 Å². The van der Waals surface area contributed by atoms with Crippen LogP contribution < -0.4 is 5.32 Å². The van der Waals surface area contributed by atoms with Gasteiger partial charge in [-0.25, -0.2) is 0 Å². The predicted octanol–water partition coefficient (Wildman–Crippen LogP) is 4.37. The molecule has 2 atom stereocenters. The molecule has 4 rings (SSSR count). The Labute approximate surface area is 113 Å². The third-order valence-corrected chi connectivity index (χ3v) is 5.87. The lowest BCUT2D eigenvalue weighted by molar-refractivity contribution is 0.190. The SMILES string of the molecule is C1CC2CCCC(C1)C2.C1CC2CNCC(C1)C2. The van der Waals surface area contributed by atoms with E-state index in [1.165, 1.54) is 51.6 Å². The summed E-state index contributed by atoms with van der Waals surface area (Å²) < 4.78 is 0. The Morgan fingerprint density at radius 3 is 1.28 bits per heavy atom. The molecule has 1 aliphatic heterocycles. The summed E-state index contributed by atoms with van der Waals surface area (Å²) >= 11 is 0. The maximum Gasteiger partial charge on any atom is -0.00203 e. The zero-order chi connectivity index (χ0) is 12.2. The van der Waals surface area contributed by atoms with Crippen LogP contribution >= 0.6 is 0 Å². The van der Waals surface area contributed by atoms with Crippen molar-refractivity contribution < 1.29 is 0 Å². The molecule has 0 aromatic carbocycles. The van der Waals surface area contributed by atoms with Crippen molar-refractivity contribution in [2.24, 2.45) is 23.7 Å². The van der Waals surface area contributed by atoms with Gasteiger partial charge in [-0.05, 0) is 62.4 Å². The van der Waals surface area contributed by atoms with Gasteiger partial charge in [0.2, 0.25) is 0 Å². The molecular formula is C17H31N. The van der Waals surface area contributed by atoms with Gasteiger partial charge in [0, 0.05) is 0 Å². The molecule has 4 aliphatic rings. The van der Waals surface area contributed by atoms with E-state index in [4.69, 9.17) is 0 Å². The number of piperidine rings is 1. The van der Waals surface area contributed by atoms with Crippen molar-refractivity contribution in [3.05, 3.63) is 0 Å². The summed E-state index contributed by atoms with van der Waals surface area (Å²) in [5.41, 5.74) is 0. The molecule has 4 fully saturated rings. The third-order valence-electron chi connectivity index (χ3n) is 5.87. The van der Waals surface area contributed by atoms with Crippen molar-refractivity contribution in [1.29, 1.82) is 0 Å². The standard InChI is InChI=1S/C9H16.C8H15N/c1-3-8-5-2-6-9(4-1)7-8;1-2-7-4-8(3-1)6-9-5-7/h8-9H,1-7H2;7-9H,1-6H2. The molecule has 18 heavy (non-hydrogen) atoms. The van der Waals surface area contributed by atoms with Crippen LogP contribution in [-0.2, 0) is 0 Å². The van der Waals surface area contributed by atoms with E-state index in [-0.39, 0.29) is 0 Å². The van der Waals surface area contributed by atoms with Crippen LogP contribution in [0.25, 0.3) is 0 Å². The lowest BCUT2D eigenvalue weighted by atomic mass is 9.72. The highest BCUT2D eigenvalue weighted by Crippen LogP contribution is 2.39. The van der Waals surface area contributed by atoms with E-state index in [2.05, 4.69) is 5.32 Å². The molecule has 2 unspecified atom stereocenters. The molecule has 0 aromatic heterocycles. The molecule has 0 spiro atoms. The van der Waals surface area contributed by atoms with Crippen molar-refractivity contribution in [1.82, 2.24) is 5.32 Å². The molecule has 1 heterocycles. The van der Waals surface area contributed by atoms with Gasteiger partial charge in [-0.1, -0.05) is 44.9 Å². The number of hydrogen-bond acceptors (Lipinski definition) is 1. The Morgan fingerprint density at radius 1 is 0.500 bits per heavy atom. The minimum absolute atomic E-state index is 1.04. The first-order valence-corrected chi connectivity index (χ1v) is 8.61. The summed E-state index contributed by atoms with van der Waals surface area (Å²) in [4.78, 5) is 0.